The van der Waals surface area contributed by atoms with Gasteiger partial charge in [0.1, 0.15) is 0 Å². The van der Waals surface area contributed by atoms with Crippen molar-refractivity contribution in [3.05, 3.63) is 0 Å². The Morgan fingerprint density at radius 2 is 1.64 bits per heavy atom. The van der Waals surface area contributed by atoms with Crippen LogP contribution in [0.1, 0.15) is 60.3 Å². The van der Waals surface area contributed by atoms with Crippen molar-refractivity contribution in [1.29, 1.82) is 0 Å². The second-order valence-corrected chi connectivity index (χ2v) is 4.97. The molecule has 0 aliphatic carbocycles. The van der Waals surface area contributed by atoms with Gasteiger partial charge in [-0.25, -0.2) is 0 Å². The molecule has 0 saturated heterocycles. The second kappa shape index (κ2) is 8.28. The maximum atomic E-state index is 3.59. The fourth-order valence-electron chi connectivity index (χ4n) is 1.85. The van der Waals surface area contributed by atoms with Crippen LogP contribution in [0.25, 0.3) is 0 Å². The summed E-state index contributed by atoms with van der Waals surface area (Å²) in [5.41, 5.74) is 0. The van der Waals surface area contributed by atoms with Crippen LogP contribution in [0.5, 0.6) is 0 Å². The van der Waals surface area contributed by atoms with E-state index >= 15 is 0 Å². The molecule has 0 saturated carbocycles. The van der Waals surface area contributed by atoms with Crippen LogP contribution in [0.2, 0.25) is 0 Å². The molecule has 86 valence electrons. The lowest BCUT2D eigenvalue weighted by Gasteiger charge is -2.21. The summed E-state index contributed by atoms with van der Waals surface area (Å²) in [5, 5.41) is 3.59. The first-order chi connectivity index (χ1) is 6.60. The highest BCUT2D eigenvalue weighted by Crippen LogP contribution is 2.15. The van der Waals surface area contributed by atoms with Gasteiger partial charge >= 0.3 is 0 Å². The molecule has 2 atom stereocenters. The molecule has 1 N–H and O–H groups in total. The van der Waals surface area contributed by atoms with E-state index in [4.69, 9.17) is 0 Å². The molecule has 0 aromatic rings. The molecule has 0 fully saturated rings. The van der Waals surface area contributed by atoms with E-state index in [1.165, 1.54) is 25.7 Å². The number of hydrogen-bond donors (Lipinski definition) is 1. The van der Waals surface area contributed by atoms with Gasteiger partial charge in [-0.3, -0.25) is 0 Å². The zero-order valence-corrected chi connectivity index (χ0v) is 10.8. The lowest BCUT2D eigenvalue weighted by atomic mass is 9.94. The molecule has 14 heavy (non-hydrogen) atoms. The average molecular weight is 199 g/mol. The van der Waals surface area contributed by atoms with E-state index in [-0.39, 0.29) is 0 Å². The molecule has 0 heterocycles. The van der Waals surface area contributed by atoms with Gasteiger partial charge in [-0.2, -0.15) is 0 Å². The number of nitrogens with one attached hydrogen (secondary N) is 1. The summed E-state index contributed by atoms with van der Waals surface area (Å²) < 4.78 is 0. The third-order valence-electron chi connectivity index (χ3n) is 2.95. The van der Waals surface area contributed by atoms with E-state index in [9.17, 15) is 0 Å². The fraction of sp³-hybridized carbons (Fsp3) is 1.00. The molecule has 0 radical (unpaired) electrons. The molecule has 1 heteroatoms. The van der Waals surface area contributed by atoms with Crippen molar-refractivity contribution < 1.29 is 0 Å². The lowest BCUT2D eigenvalue weighted by Crippen LogP contribution is -2.30. The van der Waals surface area contributed by atoms with Crippen LogP contribution >= 0.6 is 0 Å². The average Bonchev–Trinajstić information content (AvgIpc) is 2.13. The molecule has 0 aromatic heterocycles. The lowest BCUT2D eigenvalue weighted by molar-refractivity contribution is 0.366. The van der Waals surface area contributed by atoms with Gasteiger partial charge in [0.25, 0.3) is 0 Å². The first-order valence-corrected chi connectivity index (χ1v) is 6.33. The molecule has 0 aromatic carbocycles. The van der Waals surface area contributed by atoms with Gasteiger partial charge < -0.3 is 5.32 Å². The molecule has 0 amide bonds. The van der Waals surface area contributed by atoms with E-state index < -0.39 is 0 Å². The Morgan fingerprint density at radius 1 is 1.00 bits per heavy atom. The molecule has 0 rings (SSSR count). The van der Waals surface area contributed by atoms with Gasteiger partial charge in [-0.1, -0.05) is 41.0 Å². The molecule has 0 aliphatic heterocycles. The summed E-state index contributed by atoms with van der Waals surface area (Å²) in [6.07, 6.45) is 5.37. The van der Waals surface area contributed by atoms with E-state index in [0.717, 1.165) is 24.4 Å². The Hall–Kier alpha value is -0.0400. The van der Waals surface area contributed by atoms with Gasteiger partial charge in [0.2, 0.25) is 0 Å². The van der Waals surface area contributed by atoms with Crippen LogP contribution in [0.15, 0.2) is 0 Å². The van der Waals surface area contributed by atoms with Crippen LogP contribution < -0.4 is 5.32 Å². The molecule has 0 spiro atoms. The molecule has 2 unspecified atom stereocenters. The molecular weight excluding hydrogens is 170 g/mol. The Bertz CT molecular complexity index is 120. The smallest absolute Gasteiger partial charge is 0.00694 e. The fourth-order valence-corrected chi connectivity index (χ4v) is 1.85. The van der Waals surface area contributed by atoms with Crippen molar-refractivity contribution >= 4 is 0 Å². The third kappa shape index (κ3) is 7.37. The topological polar surface area (TPSA) is 12.0 Å². The Balaban J connectivity index is 3.72. The van der Waals surface area contributed by atoms with Crippen LogP contribution in [0, 0.1) is 11.8 Å². The van der Waals surface area contributed by atoms with Crippen LogP contribution in [0.4, 0.5) is 0 Å². The minimum atomic E-state index is 0.744. The molecular formula is C13H29N. The predicted molar refractivity (Wildman–Crippen MR) is 65.6 cm³/mol. The zero-order chi connectivity index (χ0) is 11.0. The molecule has 1 nitrogen and oxygen atoms in total. The van der Waals surface area contributed by atoms with Gasteiger partial charge in [-0.05, 0) is 37.6 Å². The Labute approximate surface area is 90.7 Å². The monoisotopic (exact) mass is 199 g/mol. The standard InChI is InChI=1S/C13H29N/c1-6-12(5)8-9-13(14-7-2)10-11(3)4/h11-14H,6-10H2,1-5H3. The summed E-state index contributed by atoms with van der Waals surface area (Å²) in [4.78, 5) is 0. The summed E-state index contributed by atoms with van der Waals surface area (Å²) in [5.74, 6) is 1.71. The number of hydrogen-bond acceptors (Lipinski definition) is 1. The maximum Gasteiger partial charge on any atom is 0.00694 e. The SMILES string of the molecule is CCNC(CCC(C)CC)CC(C)C. The first kappa shape index (κ1) is 14.0. The summed E-state index contributed by atoms with van der Waals surface area (Å²) in [6.45, 7) is 12.6. The minimum Gasteiger partial charge on any atom is -0.314 e. The normalized spacial score (nSPS) is 15.9. The third-order valence-corrected chi connectivity index (χ3v) is 2.95. The van der Waals surface area contributed by atoms with Crippen LogP contribution in [0.3, 0.4) is 0 Å². The van der Waals surface area contributed by atoms with Crippen molar-refractivity contribution in [2.24, 2.45) is 11.8 Å². The van der Waals surface area contributed by atoms with E-state index in [1.807, 2.05) is 0 Å². The highest BCUT2D eigenvalue weighted by atomic mass is 14.9. The van der Waals surface area contributed by atoms with E-state index in [2.05, 4.69) is 39.9 Å². The Morgan fingerprint density at radius 3 is 2.07 bits per heavy atom. The van der Waals surface area contributed by atoms with E-state index in [0.29, 0.717) is 0 Å². The summed E-state index contributed by atoms with van der Waals surface area (Å²) in [6, 6.07) is 0.744. The van der Waals surface area contributed by atoms with Gasteiger partial charge in [0.05, 0.1) is 0 Å². The first-order valence-electron chi connectivity index (χ1n) is 6.33. The van der Waals surface area contributed by atoms with Crippen LogP contribution in [-0.4, -0.2) is 12.6 Å². The summed E-state index contributed by atoms with van der Waals surface area (Å²) >= 11 is 0. The number of rotatable bonds is 8. The molecule has 0 bridgehead atoms. The largest absolute Gasteiger partial charge is 0.314 e. The maximum absolute atomic E-state index is 3.59. The van der Waals surface area contributed by atoms with Crippen LogP contribution in [-0.2, 0) is 0 Å². The highest BCUT2D eigenvalue weighted by molar-refractivity contribution is 4.69. The zero-order valence-electron chi connectivity index (χ0n) is 10.8. The van der Waals surface area contributed by atoms with Crippen molar-refractivity contribution in [1.82, 2.24) is 5.32 Å². The Kier molecular flexibility index (Phi) is 8.26. The predicted octanol–water partition coefficient (Wildman–Crippen LogP) is 3.84. The van der Waals surface area contributed by atoms with Crippen molar-refractivity contribution in [2.75, 3.05) is 6.54 Å². The highest BCUT2D eigenvalue weighted by Gasteiger charge is 2.10. The van der Waals surface area contributed by atoms with Gasteiger partial charge in [-0.15, -0.1) is 0 Å². The quantitative estimate of drug-likeness (QED) is 0.626. The van der Waals surface area contributed by atoms with Crippen molar-refractivity contribution in [3.63, 3.8) is 0 Å². The van der Waals surface area contributed by atoms with E-state index in [1.54, 1.807) is 0 Å². The molecule has 0 aliphatic rings. The van der Waals surface area contributed by atoms with Crippen molar-refractivity contribution in [2.45, 2.75) is 66.3 Å². The van der Waals surface area contributed by atoms with Gasteiger partial charge in [0, 0.05) is 6.04 Å². The second-order valence-electron chi connectivity index (χ2n) is 4.97. The minimum absolute atomic E-state index is 0.744. The summed E-state index contributed by atoms with van der Waals surface area (Å²) in [7, 11) is 0. The van der Waals surface area contributed by atoms with Crippen molar-refractivity contribution in [3.8, 4) is 0 Å². The van der Waals surface area contributed by atoms with Gasteiger partial charge in [0.15, 0.2) is 0 Å².